The molecule has 1 aromatic heterocycles. The van der Waals surface area contributed by atoms with Crippen molar-refractivity contribution in [1.29, 1.82) is 0 Å². The first-order valence-corrected chi connectivity index (χ1v) is 7.63. The number of nitrogens with zero attached hydrogens (tertiary/aromatic N) is 3. The summed E-state index contributed by atoms with van der Waals surface area (Å²) in [5.74, 6) is -1.22. The first-order valence-electron chi connectivity index (χ1n) is 6.87. The normalized spacial score (nSPS) is 12.0. The average Bonchev–Trinajstić information content (AvgIpc) is 2.51. The molecule has 1 N–H and O–H groups in total. The van der Waals surface area contributed by atoms with E-state index >= 15 is 0 Å². The molecule has 0 saturated heterocycles. The summed E-state index contributed by atoms with van der Waals surface area (Å²) in [6, 6.07) is 0.995. The van der Waals surface area contributed by atoms with Crippen molar-refractivity contribution in [3.05, 3.63) is 59.7 Å². The predicted octanol–water partition coefficient (Wildman–Crippen LogP) is 5.99. The Kier molecular flexibility index (Phi) is 5.81. The van der Waals surface area contributed by atoms with Crippen LogP contribution in [-0.2, 0) is 12.4 Å². The maximum Gasteiger partial charge on any atom is 0.419 e. The Hall–Kier alpha value is -2.87. The Morgan fingerprint density at radius 3 is 1.93 bits per heavy atom. The van der Waals surface area contributed by atoms with Gasteiger partial charge in [-0.1, -0.05) is 23.2 Å². The van der Waals surface area contributed by atoms with Crippen molar-refractivity contribution in [2.24, 2.45) is 0 Å². The topological polar surface area (TPSA) is 111 Å². The minimum atomic E-state index is -5.32. The van der Waals surface area contributed by atoms with Gasteiger partial charge in [0, 0.05) is 6.07 Å². The Bertz CT molecular complexity index is 1010. The number of nitrogens with one attached hydrogen (secondary N) is 1. The summed E-state index contributed by atoms with van der Waals surface area (Å²) < 4.78 is 78.5. The highest BCUT2D eigenvalue weighted by molar-refractivity contribution is 6.34. The molecule has 156 valence electrons. The zero-order valence-electron chi connectivity index (χ0n) is 13.2. The Morgan fingerprint density at radius 1 is 0.931 bits per heavy atom. The number of anilines is 2. The molecule has 0 amide bonds. The fourth-order valence-corrected chi connectivity index (χ4v) is 2.63. The second kappa shape index (κ2) is 7.51. The van der Waals surface area contributed by atoms with E-state index in [-0.39, 0.29) is 6.07 Å². The van der Waals surface area contributed by atoms with Gasteiger partial charge in [-0.3, -0.25) is 20.2 Å². The molecule has 0 radical (unpaired) electrons. The van der Waals surface area contributed by atoms with Crippen LogP contribution in [0.2, 0.25) is 10.2 Å². The first-order chi connectivity index (χ1) is 13.1. The van der Waals surface area contributed by atoms with Crippen LogP contribution in [0.4, 0.5) is 49.2 Å². The van der Waals surface area contributed by atoms with Gasteiger partial charge in [0.05, 0.1) is 21.0 Å². The van der Waals surface area contributed by atoms with E-state index in [4.69, 9.17) is 23.2 Å². The number of aromatic nitrogens is 1. The monoisotopic (exact) mass is 464 g/mol. The summed E-state index contributed by atoms with van der Waals surface area (Å²) >= 11 is 10.9. The van der Waals surface area contributed by atoms with Gasteiger partial charge >= 0.3 is 23.7 Å². The summed E-state index contributed by atoms with van der Waals surface area (Å²) in [6.45, 7) is 0. The van der Waals surface area contributed by atoms with E-state index in [2.05, 4.69) is 4.98 Å². The molecule has 8 nitrogen and oxygen atoms in total. The van der Waals surface area contributed by atoms with Crippen molar-refractivity contribution in [1.82, 2.24) is 4.98 Å². The zero-order chi connectivity index (χ0) is 22.3. The van der Waals surface area contributed by atoms with E-state index in [0.717, 1.165) is 6.07 Å². The quantitative estimate of drug-likeness (QED) is 0.257. The highest BCUT2D eigenvalue weighted by Gasteiger charge is 2.43. The van der Waals surface area contributed by atoms with Crippen molar-refractivity contribution >= 4 is 46.1 Å². The molecule has 0 aliphatic heterocycles. The fourth-order valence-electron chi connectivity index (χ4n) is 2.15. The SMILES string of the molecule is O=[N+]([O-])c1cc(C(F)(F)F)c(Cl)c([N+](=O)[O-])c1Nc1nc(Cl)ccc1C(F)(F)F. The van der Waals surface area contributed by atoms with Gasteiger partial charge in [0.25, 0.3) is 0 Å². The third kappa shape index (κ3) is 4.59. The van der Waals surface area contributed by atoms with Gasteiger partial charge < -0.3 is 5.32 Å². The summed E-state index contributed by atoms with van der Waals surface area (Å²) in [6.07, 6.45) is -10.4. The number of hydrogen-bond acceptors (Lipinski definition) is 6. The fraction of sp³-hybridized carbons (Fsp3) is 0.154. The molecule has 0 saturated carbocycles. The highest BCUT2D eigenvalue weighted by atomic mass is 35.5. The molecule has 0 aliphatic carbocycles. The van der Waals surface area contributed by atoms with Crippen LogP contribution < -0.4 is 5.32 Å². The van der Waals surface area contributed by atoms with Crippen LogP contribution in [-0.4, -0.2) is 14.8 Å². The van der Waals surface area contributed by atoms with Crippen LogP contribution >= 0.6 is 23.2 Å². The molecule has 0 fully saturated rings. The molecule has 0 atom stereocenters. The molecule has 0 unspecified atom stereocenters. The molecule has 2 rings (SSSR count). The predicted molar refractivity (Wildman–Crippen MR) is 87.3 cm³/mol. The van der Waals surface area contributed by atoms with E-state index in [0.29, 0.717) is 6.07 Å². The zero-order valence-corrected chi connectivity index (χ0v) is 14.7. The van der Waals surface area contributed by atoms with E-state index in [1.165, 1.54) is 0 Å². The van der Waals surface area contributed by atoms with Gasteiger partial charge in [-0.25, -0.2) is 4.98 Å². The molecule has 0 bridgehead atoms. The highest BCUT2D eigenvalue weighted by Crippen LogP contribution is 2.49. The second-order valence-electron chi connectivity index (χ2n) is 5.15. The smallest absolute Gasteiger partial charge is 0.328 e. The summed E-state index contributed by atoms with van der Waals surface area (Å²) in [5, 5.41) is 22.0. The lowest BCUT2D eigenvalue weighted by atomic mass is 10.1. The van der Waals surface area contributed by atoms with Crippen molar-refractivity contribution in [3.63, 3.8) is 0 Å². The van der Waals surface area contributed by atoms with Crippen LogP contribution in [0.25, 0.3) is 0 Å². The van der Waals surface area contributed by atoms with E-state index in [1.807, 2.05) is 0 Å². The number of alkyl halides is 6. The minimum absolute atomic E-state index is 0.143. The summed E-state index contributed by atoms with van der Waals surface area (Å²) in [7, 11) is 0. The van der Waals surface area contributed by atoms with Gasteiger partial charge in [0.15, 0.2) is 5.69 Å². The molecule has 16 heteroatoms. The van der Waals surface area contributed by atoms with Crippen LogP contribution in [0.15, 0.2) is 18.2 Å². The molecule has 0 aliphatic rings. The number of hydrogen-bond donors (Lipinski definition) is 1. The number of halogens is 8. The summed E-state index contributed by atoms with van der Waals surface area (Å²) in [4.78, 5) is 22.7. The lowest BCUT2D eigenvalue weighted by molar-refractivity contribution is -0.392. The maximum atomic E-state index is 13.1. The van der Waals surface area contributed by atoms with Crippen LogP contribution in [0.5, 0.6) is 0 Å². The van der Waals surface area contributed by atoms with Gasteiger partial charge in [-0.15, -0.1) is 0 Å². The van der Waals surface area contributed by atoms with E-state index in [9.17, 15) is 46.6 Å². The Balaban J connectivity index is 2.87. The van der Waals surface area contributed by atoms with Crippen LogP contribution in [0.3, 0.4) is 0 Å². The maximum absolute atomic E-state index is 13.1. The molecular weight excluding hydrogens is 461 g/mol. The number of rotatable bonds is 4. The third-order valence-electron chi connectivity index (χ3n) is 3.31. The lowest BCUT2D eigenvalue weighted by Crippen LogP contribution is -2.14. The van der Waals surface area contributed by atoms with Gasteiger partial charge in [0.1, 0.15) is 16.0 Å². The van der Waals surface area contributed by atoms with Gasteiger partial charge in [-0.2, -0.15) is 26.3 Å². The van der Waals surface area contributed by atoms with Crippen molar-refractivity contribution < 1.29 is 36.2 Å². The van der Waals surface area contributed by atoms with Crippen molar-refractivity contribution in [2.75, 3.05) is 5.32 Å². The van der Waals surface area contributed by atoms with Crippen LogP contribution in [0, 0.1) is 20.2 Å². The van der Waals surface area contributed by atoms with Crippen molar-refractivity contribution in [2.45, 2.75) is 12.4 Å². The number of benzene rings is 1. The van der Waals surface area contributed by atoms with Gasteiger partial charge in [-0.05, 0) is 12.1 Å². The molecular formula is C13H4Cl2F6N4O4. The molecule has 1 heterocycles. The first kappa shape index (κ1) is 22.4. The lowest BCUT2D eigenvalue weighted by Gasteiger charge is -2.16. The van der Waals surface area contributed by atoms with Gasteiger partial charge in [0.2, 0.25) is 0 Å². The average molecular weight is 465 g/mol. The number of nitro benzene ring substituents is 2. The number of pyridine rings is 1. The molecule has 0 spiro atoms. The Morgan fingerprint density at radius 2 is 1.48 bits per heavy atom. The Labute approximate surface area is 165 Å². The standard InChI is InChI=1S/C13H4Cl2F6N4O4/c14-7-2-1-4(12(16,17)18)11(22-7)23-9-6(24(26)27)3-5(13(19,20)21)8(15)10(9)25(28)29/h1-3H,(H,22,23). The van der Waals surface area contributed by atoms with E-state index < -0.39 is 66.4 Å². The van der Waals surface area contributed by atoms with Crippen molar-refractivity contribution in [3.8, 4) is 0 Å². The number of nitro groups is 2. The third-order valence-corrected chi connectivity index (χ3v) is 3.91. The largest absolute Gasteiger partial charge is 0.419 e. The van der Waals surface area contributed by atoms with Crippen LogP contribution in [0.1, 0.15) is 11.1 Å². The molecule has 2 aromatic rings. The van der Waals surface area contributed by atoms with E-state index in [1.54, 1.807) is 5.32 Å². The minimum Gasteiger partial charge on any atom is -0.328 e. The second-order valence-corrected chi connectivity index (χ2v) is 5.91. The molecule has 29 heavy (non-hydrogen) atoms. The molecule has 1 aromatic carbocycles. The summed E-state index contributed by atoms with van der Waals surface area (Å²) in [5.41, 5.74) is -8.01.